The van der Waals surface area contributed by atoms with Crippen LogP contribution in [0.2, 0.25) is 0 Å². The van der Waals surface area contributed by atoms with Crippen LogP contribution in [-0.4, -0.2) is 32.8 Å². The highest BCUT2D eigenvalue weighted by Crippen LogP contribution is 2.30. The average Bonchev–Trinajstić information content (AvgIpc) is 2.91. The van der Waals surface area contributed by atoms with Gasteiger partial charge < -0.3 is 14.5 Å². The maximum absolute atomic E-state index is 12.9. The summed E-state index contributed by atoms with van der Waals surface area (Å²) in [6.45, 7) is 3.23. The van der Waals surface area contributed by atoms with E-state index in [9.17, 15) is 13.2 Å². The second kappa shape index (κ2) is 7.06. The summed E-state index contributed by atoms with van der Waals surface area (Å²) in [5.74, 6) is 1.16. The lowest BCUT2D eigenvalue weighted by Crippen LogP contribution is -2.27. The highest BCUT2D eigenvalue weighted by Gasteiger charge is 2.26. The lowest BCUT2D eigenvalue weighted by atomic mass is 10.3. The Morgan fingerprint density at radius 1 is 1.29 bits per heavy atom. The second-order valence-corrected chi connectivity index (χ2v) is 7.33. The van der Waals surface area contributed by atoms with E-state index in [0.29, 0.717) is 17.2 Å². The second-order valence-electron chi connectivity index (χ2n) is 5.32. The van der Waals surface area contributed by atoms with Crippen LogP contribution in [0.15, 0.2) is 39.6 Å². The molecule has 0 atom stereocenters. The summed E-state index contributed by atoms with van der Waals surface area (Å²) >= 11 is 0. The first kappa shape index (κ1) is 18.0. The van der Waals surface area contributed by atoms with Crippen molar-refractivity contribution in [2.45, 2.75) is 25.3 Å². The molecule has 0 saturated heterocycles. The van der Waals surface area contributed by atoms with Crippen molar-refractivity contribution < 1.29 is 22.4 Å². The van der Waals surface area contributed by atoms with E-state index in [0.717, 1.165) is 0 Å². The Morgan fingerprint density at radius 3 is 2.54 bits per heavy atom. The van der Waals surface area contributed by atoms with Crippen LogP contribution < -0.4 is 10.1 Å². The van der Waals surface area contributed by atoms with Crippen LogP contribution in [-0.2, 0) is 21.4 Å². The Balaban J connectivity index is 2.37. The van der Waals surface area contributed by atoms with Gasteiger partial charge in [-0.1, -0.05) is 0 Å². The van der Waals surface area contributed by atoms with E-state index in [1.807, 2.05) is 0 Å². The van der Waals surface area contributed by atoms with Crippen LogP contribution in [0.4, 0.5) is 5.69 Å². The third-order valence-electron chi connectivity index (χ3n) is 3.35. The first-order chi connectivity index (χ1) is 11.2. The van der Waals surface area contributed by atoms with Crippen LogP contribution in [0, 0.1) is 6.92 Å². The van der Waals surface area contributed by atoms with Gasteiger partial charge in [0.15, 0.2) is 0 Å². The van der Waals surface area contributed by atoms with Gasteiger partial charge in [0, 0.05) is 19.7 Å². The van der Waals surface area contributed by atoms with Gasteiger partial charge in [0.2, 0.25) is 15.9 Å². The number of rotatable bonds is 6. The molecule has 0 radical (unpaired) electrons. The van der Waals surface area contributed by atoms with Gasteiger partial charge in [-0.3, -0.25) is 4.79 Å². The molecule has 0 saturated carbocycles. The van der Waals surface area contributed by atoms with Crippen LogP contribution in [0.1, 0.15) is 18.4 Å². The molecule has 2 rings (SSSR count). The first-order valence-corrected chi connectivity index (χ1v) is 8.65. The van der Waals surface area contributed by atoms with Crippen LogP contribution in [0.5, 0.6) is 5.75 Å². The number of sulfonamides is 1. The van der Waals surface area contributed by atoms with Crippen molar-refractivity contribution in [2.24, 2.45) is 0 Å². The number of nitrogens with zero attached hydrogens (tertiary/aromatic N) is 1. The number of benzene rings is 1. The molecule has 1 aromatic carbocycles. The number of ether oxygens (including phenoxy) is 1. The highest BCUT2D eigenvalue weighted by atomic mass is 32.2. The molecule has 1 amide bonds. The zero-order valence-corrected chi connectivity index (χ0v) is 14.8. The molecule has 1 heterocycles. The normalized spacial score (nSPS) is 11.5. The summed E-state index contributed by atoms with van der Waals surface area (Å²) in [4.78, 5) is 11.2. The predicted octanol–water partition coefficient (Wildman–Crippen LogP) is 2.38. The minimum absolute atomic E-state index is 0.0259. The fourth-order valence-electron chi connectivity index (χ4n) is 2.20. The maximum Gasteiger partial charge on any atom is 0.246 e. The maximum atomic E-state index is 12.9. The van der Waals surface area contributed by atoms with E-state index in [1.165, 1.54) is 37.5 Å². The lowest BCUT2D eigenvalue weighted by Gasteiger charge is -2.18. The van der Waals surface area contributed by atoms with Crippen LogP contribution >= 0.6 is 0 Å². The van der Waals surface area contributed by atoms with Crippen LogP contribution in [0.3, 0.4) is 0 Å². The summed E-state index contributed by atoms with van der Waals surface area (Å²) in [6.07, 6.45) is 0. The fraction of sp³-hybridized carbons (Fsp3) is 0.312. The standard InChI is InChI=1S/C16H20N2O5S/c1-11-5-7-14(23-11)10-18(3)24(20,21)16-9-13(17-12(2)19)6-8-15(16)22-4/h5-9H,10H2,1-4H3,(H,17,19). The van der Waals surface area contributed by atoms with Crippen molar-refractivity contribution in [3.05, 3.63) is 41.9 Å². The molecular formula is C16H20N2O5S. The quantitative estimate of drug-likeness (QED) is 0.862. The van der Waals surface area contributed by atoms with E-state index >= 15 is 0 Å². The van der Waals surface area contributed by atoms with Gasteiger partial charge in [0.05, 0.1) is 13.7 Å². The van der Waals surface area contributed by atoms with Crippen molar-refractivity contribution >= 4 is 21.6 Å². The Kier molecular flexibility index (Phi) is 5.30. The summed E-state index contributed by atoms with van der Waals surface area (Å²) < 4.78 is 37.5. The molecule has 2 aromatic rings. The van der Waals surface area contributed by atoms with Crippen molar-refractivity contribution in [3.63, 3.8) is 0 Å². The van der Waals surface area contributed by atoms with E-state index < -0.39 is 10.0 Å². The SMILES string of the molecule is COc1ccc(NC(C)=O)cc1S(=O)(=O)N(C)Cc1ccc(C)o1. The van der Waals surface area contributed by atoms with Gasteiger partial charge in [0.25, 0.3) is 0 Å². The molecule has 1 aromatic heterocycles. The zero-order valence-electron chi connectivity index (χ0n) is 14.0. The Bertz CT molecular complexity index is 842. The first-order valence-electron chi connectivity index (χ1n) is 7.21. The fourth-order valence-corrected chi connectivity index (χ4v) is 3.52. The largest absolute Gasteiger partial charge is 0.495 e. The molecule has 0 aliphatic carbocycles. The number of aryl methyl sites for hydroxylation is 1. The zero-order chi connectivity index (χ0) is 17.9. The van der Waals surface area contributed by atoms with E-state index in [2.05, 4.69) is 5.32 Å². The van der Waals surface area contributed by atoms with Gasteiger partial charge in [-0.05, 0) is 37.3 Å². The molecule has 0 bridgehead atoms. The van der Waals surface area contributed by atoms with Gasteiger partial charge >= 0.3 is 0 Å². The van der Waals surface area contributed by atoms with Crippen molar-refractivity contribution in [2.75, 3.05) is 19.5 Å². The van der Waals surface area contributed by atoms with Gasteiger partial charge in [-0.15, -0.1) is 0 Å². The molecule has 0 aliphatic rings. The molecule has 24 heavy (non-hydrogen) atoms. The molecule has 1 N–H and O–H groups in total. The van der Waals surface area contributed by atoms with Crippen LogP contribution in [0.25, 0.3) is 0 Å². The summed E-state index contributed by atoms with van der Waals surface area (Å²) in [5, 5.41) is 2.56. The number of methoxy groups -OCH3 is 1. The van der Waals surface area contributed by atoms with E-state index in [1.54, 1.807) is 25.1 Å². The van der Waals surface area contributed by atoms with E-state index in [4.69, 9.17) is 9.15 Å². The van der Waals surface area contributed by atoms with Gasteiger partial charge in [-0.25, -0.2) is 8.42 Å². The topological polar surface area (TPSA) is 88.8 Å². The molecule has 7 nitrogen and oxygen atoms in total. The number of hydrogen-bond acceptors (Lipinski definition) is 5. The van der Waals surface area contributed by atoms with Crippen molar-refractivity contribution in [1.29, 1.82) is 0 Å². The molecule has 0 aliphatic heterocycles. The number of amides is 1. The molecule has 8 heteroatoms. The minimum atomic E-state index is -3.83. The van der Waals surface area contributed by atoms with Gasteiger partial charge in [0.1, 0.15) is 22.2 Å². The van der Waals surface area contributed by atoms with Crippen molar-refractivity contribution in [3.8, 4) is 5.75 Å². The molecule has 0 unspecified atom stereocenters. The molecule has 0 fully saturated rings. The highest BCUT2D eigenvalue weighted by molar-refractivity contribution is 7.89. The molecule has 0 spiro atoms. The number of furan rings is 1. The summed E-state index contributed by atoms with van der Waals surface area (Å²) in [6, 6.07) is 7.96. The Hall–Kier alpha value is -2.32. The number of hydrogen-bond donors (Lipinski definition) is 1. The number of nitrogens with one attached hydrogen (secondary N) is 1. The third kappa shape index (κ3) is 3.95. The monoisotopic (exact) mass is 352 g/mol. The number of anilines is 1. The minimum Gasteiger partial charge on any atom is -0.495 e. The predicted molar refractivity (Wildman–Crippen MR) is 89.4 cm³/mol. The molecule has 130 valence electrons. The number of carbonyl (C=O) groups excluding carboxylic acids is 1. The Morgan fingerprint density at radius 2 is 2.00 bits per heavy atom. The smallest absolute Gasteiger partial charge is 0.246 e. The van der Waals surface area contributed by atoms with E-state index in [-0.39, 0.29) is 23.1 Å². The summed E-state index contributed by atoms with van der Waals surface area (Å²) in [5.41, 5.74) is 0.379. The summed E-state index contributed by atoms with van der Waals surface area (Å²) in [7, 11) is -0.985. The Labute approximate surface area is 141 Å². The van der Waals surface area contributed by atoms with Crippen molar-refractivity contribution in [1.82, 2.24) is 4.31 Å². The third-order valence-corrected chi connectivity index (χ3v) is 5.17. The molecular weight excluding hydrogens is 332 g/mol. The average molecular weight is 352 g/mol. The number of carbonyl (C=O) groups is 1. The lowest BCUT2D eigenvalue weighted by molar-refractivity contribution is -0.114. The van der Waals surface area contributed by atoms with Gasteiger partial charge in [-0.2, -0.15) is 4.31 Å².